The van der Waals surface area contributed by atoms with E-state index in [2.05, 4.69) is 4.72 Å². The van der Waals surface area contributed by atoms with E-state index >= 15 is 0 Å². The Morgan fingerprint density at radius 3 is 2.33 bits per heavy atom. The first-order chi connectivity index (χ1) is 18.6. The topological polar surface area (TPSA) is 122 Å². The van der Waals surface area contributed by atoms with Crippen molar-refractivity contribution in [3.63, 3.8) is 0 Å². The molecule has 0 radical (unpaired) electrons. The molecule has 8 nitrogen and oxygen atoms in total. The zero-order chi connectivity index (χ0) is 27.8. The fraction of sp³-hybridized carbons (Fsp3) is 0.367. The predicted octanol–water partition coefficient (Wildman–Crippen LogP) is 4.38. The summed E-state index contributed by atoms with van der Waals surface area (Å²) in [6, 6.07) is 18.1. The first kappa shape index (κ1) is 27.3. The Kier molecular flexibility index (Phi) is 7.28. The minimum absolute atomic E-state index is 0. The fourth-order valence-electron chi connectivity index (χ4n) is 5.06. The van der Waals surface area contributed by atoms with Crippen LogP contribution in [0.3, 0.4) is 0 Å². The van der Waals surface area contributed by atoms with Gasteiger partial charge in [-0.05, 0) is 78.3 Å². The Morgan fingerprint density at radius 2 is 1.69 bits per heavy atom. The van der Waals surface area contributed by atoms with Gasteiger partial charge in [0.05, 0.1) is 29.1 Å². The Morgan fingerprint density at radius 1 is 1.00 bits per heavy atom. The number of Topliss-reactive ketones (excluding diaryl/α,β-unsaturated/α-hetero) is 1. The van der Waals surface area contributed by atoms with Crippen molar-refractivity contribution >= 4 is 15.8 Å². The maximum Gasteiger partial charge on any atom is 0.241 e. The monoisotopic (exact) mass is 557 g/mol. The summed E-state index contributed by atoms with van der Waals surface area (Å²) in [6.07, 6.45) is 2.14. The summed E-state index contributed by atoms with van der Waals surface area (Å²) in [6.45, 7) is 2.83. The number of hydrogen-bond acceptors (Lipinski definition) is 7. The quantitative estimate of drug-likeness (QED) is 0.320. The fourth-order valence-corrected chi connectivity index (χ4v) is 6.52. The smallest absolute Gasteiger partial charge is 0.241 e. The number of aryl methyl sites for hydroxylation is 1. The molecule has 0 unspecified atom stereocenters. The number of ketones is 1. The highest BCUT2D eigenvalue weighted by atomic mass is 32.2. The molecule has 3 aromatic carbocycles. The SMILES string of the molecule is CCC(CO)(CO)NS(=O)(=O)c1ccc(-c2cc(CC(=O)C3(c4ccc5c(c4)OCO5)CC3)ccc2C)cc1.[HH].[HH].[HH]. The summed E-state index contributed by atoms with van der Waals surface area (Å²) < 4.78 is 39.2. The van der Waals surface area contributed by atoms with Crippen LogP contribution in [0, 0.1) is 6.92 Å². The Labute approximate surface area is 233 Å². The number of sulfonamides is 1. The minimum atomic E-state index is -3.96. The number of ether oxygens (including phenoxy) is 2. The predicted molar refractivity (Wildman–Crippen MR) is 153 cm³/mol. The van der Waals surface area contributed by atoms with E-state index in [-0.39, 0.29) is 28.2 Å². The number of nitrogens with one attached hydrogen (secondary N) is 1. The maximum absolute atomic E-state index is 13.5. The number of aliphatic hydroxyl groups excluding tert-OH is 2. The molecular weight excluding hydrogens is 518 g/mol. The molecule has 0 atom stereocenters. The van der Waals surface area contributed by atoms with Crippen molar-refractivity contribution in [2.75, 3.05) is 20.0 Å². The van der Waals surface area contributed by atoms with Crippen molar-refractivity contribution in [1.82, 2.24) is 4.72 Å². The molecule has 0 aromatic heterocycles. The highest BCUT2D eigenvalue weighted by molar-refractivity contribution is 7.89. The molecule has 3 N–H and O–H groups in total. The van der Waals surface area contributed by atoms with Crippen LogP contribution in [0.2, 0.25) is 0 Å². The van der Waals surface area contributed by atoms with Gasteiger partial charge in [0.15, 0.2) is 11.5 Å². The van der Waals surface area contributed by atoms with Gasteiger partial charge in [0.1, 0.15) is 5.78 Å². The van der Waals surface area contributed by atoms with E-state index in [4.69, 9.17) is 9.47 Å². The van der Waals surface area contributed by atoms with Crippen molar-refractivity contribution in [3.8, 4) is 22.6 Å². The van der Waals surface area contributed by atoms with Crippen LogP contribution in [-0.2, 0) is 26.7 Å². The Hall–Kier alpha value is -3.24. The van der Waals surface area contributed by atoms with Crippen molar-refractivity contribution in [1.29, 1.82) is 0 Å². The van der Waals surface area contributed by atoms with Crippen molar-refractivity contribution < 1.29 is 37.2 Å². The number of rotatable bonds is 11. The number of carbonyl (C=O) groups excluding carboxylic acids is 1. The molecule has 0 saturated heterocycles. The van der Waals surface area contributed by atoms with E-state index in [0.717, 1.165) is 40.7 Å². The van der Waals surface area contributed by atoms with Crippen LogP contribution in [-0.4, -0.2) is 50.0 Å². The zero-order valence-corrected chi connectivity index (χ0v) is 22.9. The van der Waals surface area contributed by atoms with Crippen molar-refractivity contribution in [2.24, 2.45) is 0 Å². The highest BCUT2D eigenvalue weighted by Gasteiger charge is 2.50. The van der Waals surface area contributed by atoms with E-state index in [1.807, 2.05) is 43.3 Å². The van der Waals surface area contributed by atoms with Gasteiger partial charge in [0.2, 0.25) is 16.8 Å². The molecule has 39 heavy (non-hydrogen) atoms. The average Bonchev–Trinajstić information content (AvgIpc) is 3.63. The van der Waals surface area contributed by atoms with Gasteiger partial charge in [-0.1, -0.05) is 43.3 Å². The molecule has 1 aliphatic heterocycles. The maximum atomic E-state index is 13.5. The van der Waals surface area contributed by atoms with E-state index in [9.17, 15) is 23.4 Å². The van der Waals surface area contributed by atoms with E-state index in [1.54, 1.807) is 19.1 Å². The molecule has 212 valence electrons. The van der Waals surface area contributed by atoms with Crippen LogP contribution < -0.4 is 14.2 Å². The summed E-state index contributed by atoms with van der Waals surface area (Å²) in [7, 11) is -3.96. The largest absolute Gasteiger partial charge is 0.454 e. The van der Waals surface area contributed by atoms with Crippen LogP contribution in [0.25, 0.3) is 11.1 Å². The van der Waals surface area contributed by atoms with Crippen LogP contribution in [0.1, 0.15) is 47.2 Å². The molecule has 0 spiro atoms. The third kappa shape index (κ3) is 5.19. The second-order valence-electron chi connectivity index (χ2n) is 10.5. The van der Waals surface area contributed by atoms with Gasteiger partial charge in [0.25, 0.3) is 0 Å². The third-order valence-corrected chi connectivity index (χ3v) is 9.58. The van der Waals surface area contributed by atoms with Gasteiger partial charge in [-0.3, -0.25) is 4.79 Å². The summed E-state index contributed by atoms with van der Waals surface area (Å²) in [5.74, 6) is 1.54. The normalized spacial score (nSPS) is 15.8. The Balaban J connectivity index is 0.00000205. The third-order valence-electron chi connectivity index (χ3n) is 7.98. The lowest BCUT2D eigenvalue weighted by Crippen LogP contribution is -2.53. The lowest BCUT2D eigenvalue weighted by atomic mass is 9.87. The molecule has 5 rings (SSSR count). The van der Waals surface area contributed by atoms with Gasteiger partial charge >= 0.3 is 0 Å². The molecule has 9 heteroatoms. The molecule has 1 aliphatic carbocycles. The molecule has 3 aromatic rings. The number of fused-ring (bicyclic) bond motifs is 1. The van der Waals surface area contributed by atoms with E-state index in [0.29, 0.717) is 17.9 Å². The highest BCUT2D eigenvalue weighted by Crippen LogP contribution is 2.51. The molecule has 1 heterocycles. The summed E-state index contributed by atoms with van der Waals surface area (Å²) in [4.78, 5) is 13.5. The number of carbonyl (C=O) groups is 1. The lowest BCUT2D eigenvalue weighted by Gasteiger charge is -2.29. The molecule has 0 bridgehead atoms. The molecule has 1 fully saturated rings. The Bertz CT molecular complexity index is 1500. The van der Waals surface area contributed by atoms with Gasteiger partial charge < -0.3 is 19.7 Å². The van der Waals surface area contributed by atoms with Crippen LogP contribution in [0.4, 0.5) is 0 Å². The second kappa shape index (κ2) is 10.4. The van der Waals surface area contributed by atoms with Gasteiger partial charge in [-0.2, -0.15) is 0 Å². The van der Waals surface area contributed by atoms with Crippen molar-refractivity contribution in [2.45, 2.75) is 55.4 Å². The van der Waals surface area contributed by atoms with Gasteiger partial charge in [-0.25, -0.2) is 13.1 Å². The van der Waals surface area contributed by atoms with Gasteiger partial charge in [0, 0.05) is 10.7 Å². The lowest BCUT2D eigenvalue weighted by molar-refractivity contribution is -0.120. The van der Waals surface area contributed by atoms with Crippen LogP contribution in [0.15, 0.2) is 65.6 Å². The van der Waals surface area contributed by atoms with Crippen LogP contribution in [0.5, 0.6) is 11.5 Å². The molecular formula is C30H39NO7S. The first-order valence-electron chi connectivity index (χ1n) is 13.0. The molecule has 0 amide bonds. The molecule has 2 aliphatic rings. The molecule has 1 saturated carbocycles. The van der Waals surface area contributed by atoms with Crippen molar-refractivity contribution in [3.05, 3.63) is 77.4 Å². The summed E-state index contributed by atoms with van der Waals surface area (Å²) in [5, 5.41) is 19.3. The first-order valence-corrected chi connectivity index (χ1v) is 14.5. The number of aliphatic hydroxyl groups is 2. The summed E-state index contributed by atoms with van der Waals surface area (Å²) in [5.41, 5.74) is 2.78. The minimum Gasteiger partial charge on any atom is -0.454 e. The number of benzene rings is 3. The second-order valence-corrected chi connectivity index (χ2v) is 12.2. The summed E-state index contributed by atoms with van der Waals surface area (Å²) >= 11 is 0. The van der Waals surface area contributed by atoms with E-state index < -0.39 is 34.2 Å². The van der Waals surface area contributed by atoms with Gasteiger partial charge in [-0.15, -0.1) is 0 Å². The zero-order valence-electron chi connectivity index (χ0n) is 22.1. The average molecular weight is 558 g/mol. The van der Waals surface area contributed by atoms with E-state index in [1.165, 1.54) is 12.1 Å². The number of hydrogen-bond donors (Lipinski definition) is 3. The standard InChI is InChI=1S/C30H33NO7S.3H2/c1-3-29(17-32,18-33)31-39(35,36)24-9-6-22(7-10-24)25-14-21(5-4-20(25)2)15-28(34)30(12-13-30)23-8-11-26-27(16-23)38-19-37-26;;;/h4-11,14,16,31-33H,3,12-13,15,17-19H2,1-2H3;3*1H. The van der Waals surface area contributed by atoms with Crippen LogP contribution >= 0.6 is 0 Å².